The number of aromatic nitrogens is 2. The van der Waals surface area contributed by atoms with Gasteiger partial charge in [-0.2, -0.15) is 0 Å². The number of aromatic amines is 1. The minimum Gasteiger partial charge on any atom is -0.394 e. The first kappa shape index (κ1) is 10.7. The third-order valence-corrected chi connectivity index (χ3v) is 2.26. The topological polar surface area (TPSA) is 78.0 Å². The second-order valence-corrected chi connectivity index (χ2v) is 3.46. The van der Waals surface area contributed by atoms with Crippen LogP contribution in [0.25, 0.3) is 0 Å². The number of hydrogen-bond donors (Lipinski definition) is 3. The van der Waals surface area contributed by atoms with E-state index in [1.54, 1.807) is 0 Å². The molecule has 0 radical (unpaired) electrons. The van der Waals surface area contributed by atoms with Gasteiger partial charge in [-0.15, -0.1) is 0 Å². The van der Waals surface area contributed by atoms with Crippen LogP contribution >= 0.6 is 0 Å². The van der Waals surface area contributed by atoms with Crippen LogP contribution in [-0.2, 0) is 0 Å². The van der Waals surface area contributed by atoms with Crippen LogP contribution in [0.3, 0.4) is 0 Å². The van der Waals surface area contributed by atoms with E-state index in [0.29, 0.717) is 6.42 Å². The minimum absolute atomic E-state index is 0.0421. The number of hydrogen-bond acceptors (Lipinski definition) is 4. The molecule has 0 amide bonds. The van der Waals surface area contributed by atoms with Gasteiger partial charge in [0.1, 0.15) is 0 Å². The summed E-state index contributed by atoms with van der Waals surface area (Å²) in [5, 5.41) is 12.1. The average molecular weight is 197 g/mol. The lowest BCUT2D eigenvalue weighted by Gasteiger charge is -2.27. The Morgan fingerprint density at radius 1 is 1.71 bits per heavy atom. The van der Waals surface area contributed by atoms with Gasteiger partial charge in [0, 0.05) is 12.4 Å². The van der Waals surface area contributed by atoms with E-state index in [2.05, 4.69) is 15.3 Å². The van der Waals surface area contributed by atoms with Crippen LogP contribution in [0.5, 0.6) is 0 Å². The number of nitrogens with zero attached hydrogens (tertiary/aromatic N) is 1. The number of H-pyrrole nitrogens is 1. The molecule has 1 aromatic rings. The van der Waals surface area contributed by atoms with E-state index < -0.39 is 5.54 Å². The first-order chi connectivity index (χ1) is 6.61. The largest absolute Gasteiger partial charge is 0.394 e. The van der Waals surface area contributed by atoms with Crippen molar-refractivity contribution in [2.45, 2.75) is 25.8 Å². The van der Waals surface area contributed by atoms with Gasteiger partial charge in [0.25, 0.3) is 5.56 Å². The van der Waals surface area contributed by atoms with Crippen LogP contribution < -0.4 is 10.9 Å². The summed E-state index contributed by atoms with van der Waals surface area (Å²) in [6.45, 7) is 3.72. The Morgan fingerprint density at radius 3 is 2.93 bits per heavy atom. The Balaban J connectivity index is 2.88. The van der Waals surface area contributed by atoms with Crippen molar-refractivity contribution in [3.8, 4) is 0 Å². The number of aliphatic hydroxyl groups excluding tert-OH is 1. The molecule has 14 heavy (non-hydrogen) atoms. The zero-order chi connectivity index (χ0) is 10.6. The molecule has 5 nitrogen and oxygen atoms in total. The molecule has 0 spiro atoms. The molecule has 0 aliphatic rings. The van der Waals surface area contributed by atoms with Crippen molar-refractivity contribution in [2.75, 3.05) is 11.9 Å². The summed E-state index contributed by atoms with van der Waals surface area (Å²) in [6, 6.07) is 0. The summed E-state index contributed by atoms with van der Waals surface area (Å²) in [6.07, 6.45) is 3.67. The van der Waals surface area contributed by atoms with Crippen molar-refractivity contribution in [3.05, 3.63) is 22.7 Å². The fraction of sp³-hybridized carbons (Fsp3) is 0.556. The highest BCUT2D eigenvalue weighted by molar-refractivity contribution is 5.34. The lowest BCUT2D eigenvalue weighted by molar-refractivity contribution is 0.218. The van der Waals surface area contributed by atoms with Gasteiger partial charge in [-0.25, -0.2) is 4.98 Å². The summed E-state index contributed by atoms with van der Waals surface area (Å²) < 4.78 is 0. The minimum atomic E-state index is -0.499. The molecule has 0 aliphatic carbocycles. The maximum absolute atomic E-state index is 11.3. The molecule has 3 N–H and O–H groups in total. The quantitative estimate of drug-likeness (QED) is 0.650. The Morgan fingerprint density at radius 2 is 2.43 bits per heavy atom. The molecule has 0 aromatic carbocycles. The second-order valence-electron chi connectivity index (χ2n) is 3.46. The van der Waals surface area contributed by atoms with Gasteiger partial charge >= 0.3 is 0 Å². The molecule has 1 unspecified atom stereocenters. The molecule has 5 heteroatoms. The van der Waals surface area contributed by atoms with E-state index in [0.717, 1.165) is 0 Å². The fourth-order valence-corrected chi connectivity index (χ4v) is 0.966. The number of aliphatic hydroxyl groups is 1. The van der Waals surface area contributed by atoms with Gasteiger partial charge in [-0.3, -0.25) is 4.79 Å². The molecule has 0 saturated carbocycles. The summed E-state index contributed by atoms with van der Waals surface area (Å²) >= 11 is 0. The van der Waals surface area contributed by atoms with Crippen LogP contribution in [0, 0.1) is 0 Å². The molecule has 1 atom stereocenters. The van der Waals surface area contributed by atoms with E-state index >= 15 is 0 Å². The monoisotopic (exact) mass is 197 g/mol. The van der Waals surface area contributed by atoms with Gasteiger partial charge in [-0.05, 0) is 13.3 Å². The summed E-state index contributed by atoms with van der Waals surface area (Å²) in [4.78, 5) is 17.7. The van der Waals surface area contributed by atoms with Gasteiger partial charge in [0.2, 0.25) is 0 Å². The van der Waals surface area contributed by atoms with E-state index in [1.807, 2.05) is 13.8 Å². The highest BCUT2D eigenvalue weighted by atomic mass is 16.3. The number of anilines is 1. The van der Waals surface area contributed by atoms with Gasteiger partial charge in [0.15, 0.2) is 5.82 Å². The van der Waals surface area contributed by atoms with Crippen LogP contribution in [0.1, 0.15) is 20.3 Å². The molecule has 0 aliphatic heterocycles. The third-order valence-electron chi connectivity index (χ3n) is 2.26. The first-order valence-corrected chi connectivity index (χ1v) is 4.54. The predicted molar refractivity (Wildman–Crippen MR) is 54.3 cm³/mol. The standard InChI is InChI=1S/C9H15N3O2/c1-3-9(2,6-13)12-7-8(14)11-5-4-10-7/h4-5,13H,3,6H2,1-2H3,(H,10,12)(H,11,14). The molecular weight excluding hydrogens is 182 g/mol. The fourth-order valence-electron chi connectivity index (χ4n) is 0.966. The maximum Gasteiger partial charge on any atom is 0.290 e. The molecule has 1 heterocycles. The smallest absolute Gasteiger partial charge is 0.290 e. The van der Waals surface area contributed by atoms with Crippen molar-refractivity contribution in [1.82, 2.24) is 9.97 Å². The second kappa shape index (κ2) is 4.23. The Kier molecular flexibility index (Phi) is 3.24. The highest BCUT2D eigenvalue weighted by Gasteiger charge is 2.21. The number of nitrogens with one attached hydrogen (secondary N) is 2. The SMILES string of the molecule is CCC(C)(CO)Nc1ncc[nH]c1=O. The Hall–Kier alpha value is -1.36. The van der Waals surface area contributed by atoms with E-state index in [1.165, 1.54) is 12.4 Å². The molecule has 1 rings (SSSR count). The first-order valence-electron chi connectivity index (χ1n) is 4.54. The van der Waals surface area contributed by atoms with Crippen LogP contribution in [0.15, 0.2) is 17.2 Å². The number of rotatable bonds is 4. The summed E-state index contributed by atoms with van der Waals surface area (Å²) in [5.41, 5.74) is -0.776. The van der Waals surface area contributed by atoms with Crippen molar-refractivity contribution in [1.29, 1.82) is 0 Å². The molecule has 0 bridgehead atoms. The lowest BCUT2D eigenvalue weighted by atomic mass is 10.0. The zero-order valence-electron chi connectivity index (χ0n) is 8.37. The van der Waals surface area contributed by atoms with E-state index in [4.69, 9.17) is 5.11 Å². The van der Waals surface area contributed by atoms with Gasteiger partial charge in [-0.1, -0.05) is 6.92 Å². The van der Waals surface area contributed by atoms with Gasteiger partial charge in [0.05, 0.1) is 12.1 Å². The highest BCUT2D eigenvalue weighted by Crippen LogP contribution is 2.12. The van der Waals surface area contributed by atoms with Crippen LogP contribution in [0.2, 0.25) is 0 Å². The van der Waals surface area contributed by atoms with Crippen LogP contribution in [-0.4, -0.2) is 27.2 Å². The summed E-state index contributed by atoms with van der Waals surface area (Å²) in [7, 11) is 0. The molecule has 78 valence electrons. The zero-order valence-corrected chi connectivity index (χ0v) is 8.37. The lowest BCUT2D eigenvalue weighted by Crippen LogP contribution is -2.40. The van der Waals surface area contributed by atoms with Crippen molar-refractivity contribution in [3.63, 3.8) is 0 Å². The molecular formula is C9H15N3O2. The molecule has 0 fully saturated rings. The average Bonchev–Trinajstić information content (AvgIpc) is 2.21. The Labute approximate surface area is 82.2 Å². The van der Waals surface area contributed by atoms with Crippen molar-refractivity contribution < 1.29 is 5.11 Å². The van der Waals surface area contributed by atoms with Gasteiger partial charge < -0.3 is 15.4 Å². The summed E-state index contributed by atoms with van der Waals surface area (Å²) in [5.74, 6) is 0.242. The molecule has 1 aromatic heterocycles. The normalized spacial score (nSPS) is 14.8. The van der Waals surface area contributed by atoms with E-state index in [9.17, 15) is 4.79 Å². The van der Waals surface area contributed by atoms with E-state index in [-0.39, 0.29) is 18.0 Å². The Bertz CT molecular complexity index is 344. The predicted octanol–water partition coefficient (Wildman–Crippen LogP) is 0.343. The maximum atomic E-state index is 11.3. The van der Waals surface area contributed by atoms with Crippen molar-refractivity contribution >= 4 is 5.82 Å². The third kappa shape index (κ3) is 2.32. The molecule has 0 saturated heterocycles. The van der Waals surface area contributed by atoms with Crippen molar-refractivity contribution in [2.24, 2.45) is 0 Å². The van der Waals surface area contributed by atoms with Crippen LogP contribution in [0.4, 0.5) is 5.82 Å².